The maximum atomic E-state index is 13.4. The van der Waals surface area contributed by atoms with Gasteiger partial charge in [-0.2, -0.15) is 0 Å². The summed E-state index contributed by atoms with van der Waals surface area (Å²) in [5, 5.41) is 0. The molecule has 17 heavy (non-hydrogen) atoms. The highest BCUT2D eigenvalue weighted by molar-refractivity contribution is 5.92. The molecule has 0 aliphatic heterocycles. The van der Waals surface area contributed by atoms with Crippen molar-refractivity contribution in [3.8, 4) is 0 Å². The minimum Gasteiger partial charge on any atom is -0.449 e. The van der Waals surface area contributed by atoms with Gasteiger partial charge in [0.05, 0.1) is 5.56 Å². The van der Waals surface area contributed by atoms with E-state index < -0.39 is 23.8 Å². The first-order valence-electron chi connectivity index (χ1n) is 5.01. The molecule has 0 saturated heterocycles. The molecule has 1 amide bonds. The van der Waals surface area contributed by atoms with Gasteiger partial charge in [-0.25, -0.2) is 9.18 Å². The van der Waals surface area contributed by atoms with E-state index in [-0.39, 0.29) is 17.7 Å². The SMILES string of the molecule is CCC(OC(=O)c1ccc(N)cc1F)C(N)=O. The third kappa shape index (κ3) is 3.17. The molecule has 5 nitrogen and oxygen atoms in total. The first-order valence-corrected chi connectivity index (χ1v) is 5.01. The van der Waals surface area contributed by atoms with Crippen LogP contribution in [0.2, 0.25) is 0 Å². The number of hydrogen-bond donors (Lipinski definition) is 2. The summed E-state index contributed by atoms with van der Waals surface area (Å²) in [4.78, 5) is 22.4. The minimum atomic E-state index is -1.06. The Hall–Kier alpha value is -2.11. The Labute approximate surface area is 97.5 Å². The van der Waals surface area contributed by atoms with Gasteiger partial charge < -0.3 is 16.2 Å². The molecule has 0 aliphatic carbocycles. The molecule has 6 heteroatoms. The van der Waals surface area contributed by atoms with Crippen LogP contribution in [0.4, 0.5) is 10.1 Å². The largest absolute Gasteiger partial charge is 0.449 e. The van der Waals surface area contributed by atoms with Crippen molar-refractivity contribution in [1.29, 1.82) is 0 Å². The van der Waals surface area contributed by atoms with Crippen LogP contribution in [-0.4, -0.2) is 18.0 Å². The molecule has 0 aromatic heterocycles. The number of anilines is 1. The molecule has 1 aromatic rings. The fraction of sp³-hybridized carbons (Fsp3) is 0.273. The molecule has 0 fully saturated rings. The summed E-state index contributed by atoms with van der Waals surface area (Å²) in [5.41, 5.74) is 10.3. The van der Waals surface area contributed by atoms with E-state index in [4.69, 9.17) is 16.2 Å². The van der Waals surface area contributed by atoms with Crippen molar-refractivity contribution in [2.75, 3.05) is 5.73 Å². The van der Waals surface area contributed by atoms with Crippen molar-refractivity contribution in [1.82, 2.24) is 0 Å². The maximum absolute atomic E-state index is 13.4. The zero-order valence-corrected chi connectivity index (χ0v) is 9.27. The standard InChI is InChI=1S/C11H13FN2O3/c1-2-9(10(14)15)17-11(16)7-4-3-6(13)5-8(7)12/h3-5,9H,2,13H2,1H3,(H2,14,15). The van der Waals surface area contributed by atoms with Gasteiger partial charge in [-0.05, 0) is 24.6 Å². The van der Waals surface area contributed by atoms with Gasteiger partial charge in [-0.3, -0.25) is 4.79 Å². The second-order valence-corrected chi connectivity index (χ2v) is 3.44. The summed E-state index contributed by atoms with van der Waals surface area (Å²) in [6.07, 6.45) is -0.822. The number of esters is 1. The highest BCUT2D eigenvalue weighted by Gasteiger charge is 2.21. The monoisotopic (exact) mass is 240 g/mol. The van der Waals surface area contributed by atoms with Gasteiger partial charge in [-0.15, -0.1) is 0 Å². The summed E-state index contributed by atoms with van der Waals surface area (Å²) in [6, 6.07) is 3.56. The Morgan fingerprint density at radius 1 is 1.47 bits per heavy atom. The molecule has 0 spiro atoms. The molecule has 4 N–H and O–H groups in total. The molecule has 1 aromatic carbocycles. The van der Waals surface area contributed by atoms with Crippen LogP contribution in [-0.2, 0) is 9.53 Å². The van der Waals surface area contributed by atoms with Crippen LogP contribution in [0.25, 0.3) is 0 Å². The second kappa shape index (κ2) is 5.29. The smallest absolute Gasteiger partial charge is 0.341 e. The molecule has 0 radical (unpaired) electrons. The highest BCUT2D eigenvalue weighted by Crippen LogP contribution is 2.14. The van der Waals surface area contributed by atoms with Gasteiger partial charge in [0.1, 0.15) is 5.82 Å². The van der Waals surface area contributed by atoms with E-state index >= 15 is 0 Å². The lowest BCUT2D eigenvalue weighted by Gasteiger charge is -2.12. The molecule has 1 unspecified atom stereocenters. The topological polar surface area (TPSA) is 95.4 Å². The van der Waals surface area contributed by atoms with Crippen molar-refractivity contribution in [2.45, 2.75) is 19.4 Å². The Bertz CT molecular complexity index is 448. The Morgan fingerprint density at radius 2 is 2.12 bits per heavy atom. The van der Waals surface area contributed by atoms with Crippen LogP contribution >= 0.6 is 0 Å². The van der Waals surface area contributed by atoms with Crippen molar-refractivity contribution in [2.24, 2.45) is 5.73 Å². The van der Waals surface area contributed by atoms with Gasteiger partial charge in [0, 0.05) is 5.69 Å². The molecule has 1 rings (SSSR count). The van der Waals surface area contributed by atoms with Crippen molar-refractivity contribution >= 4 is 17.6 Å². The van der Waals surface area contributed by atoms with Gasteiger partial charge in [0.25, 0.3) is 5.91 Å². The first-order chi connectivity index (χ1) is 7.95. The van der Waals surface area contributed by atoms with Crippen LogP contribution in [0.5, 0.6) is 0 Å². The maximum Gasteiger partial charge on any atom is 0.341 e. The summed E-state index contributed by atoms with van der Waals surface area (Å²) < 4.78 is 18.1. The van der Waals surface area contributed by atoms with Gasteiger partial charge in [-0.1, -0.05) is 6.92 Å². The van der Waals surface area contributed by atoms with Crippen LogP contribution in [0.3, 0.4) is 0 Å². The molecule has 0 saturated carbocycles. The number of primary amides is 1. The van der Waals surface area contributed by atoms with Crippen LogP contribution in [0, 0.1) is 5.82 Å². The summed E-state index contributed by atoms with van der Waals surface area (Å²) >= 11 is 0. The fourth-order valence-electron chi connectivity index (χ4n) is 1.23. The number of benzene rings is 1. The van der Waals surface area contributed by atoms with Crippen LogP contribution in [0.1, 0.15) is 23.7 Å². The van der Waals surface area contributed by atoms with E-state index in [0.717, 1.165) is 6.07 Å². The average Bonchev–Trinajstić information content (AvgIpc) is 2.24. The lowest BCUT2D eigenvalue weighted by molar-refractivity contribution is -0.126. The van der Waals surface area contributed by atoms with Crippen molar-refractivity contribution in [3.05, 3.63) is 29.6 Å². The predicted octanol–water partition coefficient (Wildman–Crippen LogP) is 0.829. The van der Waals surface area contributed by atoms with E-state index in [1.807, 2.05) is 0 Å². The zero-order chi connectivity index (χ0) is 13.0. The molecule has 1 atom stereocenters. The number of halogens is 1. The van der Waals surface area contributed by atoms with Crippen LogP contribution < -0.4 is 11.5 Å². The Morgan fingerprint density at radius 3 is 2.59 bits per heavy atom. The third-order valence-corrected chi connectivity index (χ3v) is 2.15. The van der Waals surface area contributed by atoms with E-state index in [2.05, 4.69) is 0 Å². The summed E-state index contributed by atoms with van der Waals surface area (Å²) in [7, 11) is 0. The molecular weight excluding hydrogens is 227 g/mol. The van der Waals surface area contributed by atoms with E-state index in [9.17, 15) is 14.0 Å². The number of carbonyl (C=O) groups excluding carboxylic acids is 2. The summed E-state index contributed by atoms with van der Waals surface area (Å²) in [6.45, 7) is 1.63. The first kappa shape index (κ1) is 13.0. The predicted molar refractivity (Wildman–Crippen MR) is 59.5 cm³/mol. The van der Waals surface area contributed by atoms with Crippen molar-refractivity contribution < 1.29 is 18.7 Å². The fourth-order valence-corrected chi connectivity index (χ4v) is 1.23. The molecule has 0 bridgehead atoms. The molecule has 0 heterocycles. The lowest BCUT2D eigenvalue weighted by atomic mass is 10.2. The normalized spacial score (nSPS) is 11.9. The number of carbonyl (C=O) groups is 2. The van der Waals surface area contributed by atoms with Gasteiger partial charge >= 0.3 is 5.97 Å². The average molecular weight is 240 g/mol. The van der Waals surface area contributed by atoms with Gasteiger partial charge in [0.15, 0.2) is 6.10 Å². The Balaban J connectivity index is 2.86. The van der Waals surface area contributed by atoms with E-state index in [0.29, 0.717) is 0 Å². The lowest BCUT2D eigenvalue weighted by Crippen LogP contribution is -2.32. The van der Waals surface area contributed by atoms with Gasteiger partial charge in [0.2, 0.25) is 0 Å². The third-order valence-electron chi connectivity index (χ3n) is 2.15. The number of rotatable bonds is 4. The number of amides is 1. The molecular formula is C11H13FN2O3. The van der Waals surface area contributed by atoms with E-state index in [1.54, 1.807) is 6.92 Å². The van der Waals surface area contributed by atoms with Crippen LogP contribution in [0.15, 0.2) is 18.2 Å². The molecule has 0 aliphatic rings. The molecule has 92 valence electrons. The quantitative estimate of drug-likeness (QED) is 0.601. The number of ether oxygens (including phenoxy) is 1. The number of hydrogen-bond acceptors (Lipinski definition) is 4. The minimum absolute atomic E-state index is 0.195. The summed E-state index contributed by atoms with van der Waals surface area (Å²) in [5.74, 6) is -2.50. The Kier molecular flexibility index (Phi) is 4.03. The highest BCUT2D eigenvalue weighted by atomic mass is 19.1. The number of nitrogen functional groups attached to an aromatic ring is 1. The second-order valence-electron chi connectivity index (χ2n) is 3.44. The number of nitrogens with two attached hydrogens (primary N) is 2. The van der Waals surface area contributed by atoms with E-state index in [1.165, 1.54) is 12.1 Å². The van der Waals surface area contributed by atoms with Crippen molar-refractivity contribution in [3.63, 3.8) is 0 Å². The zero-order valence-electron chi connectivity index (χ0n) is 9.27.